The molecule has 0 saturated carbocycles. The van der Waals surface area contributed by atoms with Gasteiger partial charge in [0.15, 0.2) is 0 Å². The minimum atomic E-state index is -0.441. The van der Waals surface area contributed by atoms with E-state index < -0.39 is 5.60 Å². The van der Waals surface area contributed by atoms with E-state index in [0.717, 1.165) is 36.9 Å². The van der Waals surface area contributed by atoms with Crippen LogP contribution in [0.2, 0.25) is 0 Å². The first-order valence-electron chi connectivity index (χ1n) is 8.19. The fraction of sp³-hybridized carbons (Fsp3) is 0.611. The van der Waals surface area contributed by atoms with Gasteiger partial charge in [0.2, 0.25) is 0 Å². The van der Waals surface area contributed by atoms with Crippen molar-refractivity contribution in [1.29, 1.82) is 0 Å². The summed E-state index contributed by atoms with van der Waals surface area (Å²) in [4.78, 5) is 14.3. The second-order valence-electron chi connectivity index (χ2n) is 7.33. The Kier molecular flexibility index (Phi) is 6.09. The predicted octanol–water partition coefficient (Wildman–Crippen LogP) is 4.25. The summed E-state index contributed by atoms with van der Waals surface area (Å²) in [5.74, 6) is 0. The van der Waals surface area contributed by atoms with Crippen LogP contribution in [0.5, 0.6) is 0 Å². The standard InChI is InChI=1S/C18H27BrN2O2/c1-13-9-14(11-15(19)10-13)12-21-7-5-16(6-8-21)20-17(22)23-18(2,3)4/h9-11,16H,5-8,12H2,1-4H3,(H,20,22). The van der Waals surface area contributed by atoms with Gasteiger partial charge in [0.25, 0.3) is 0 Å². The Morgan fingerprint density at radius 3 is 2.52 bits per heavy atom. The van der Waals surface area contributed by atoms with Crippen molar-refractivity contribution in [2.24, 2.45) is 0 Å². The number of aryl methyl sites for hydroxylation is 1. The van der Waals surface area contributed by atoms with Crippen LogP contribution in [0, 0.1) is 6.92 Å². The third-order valence-electron chi connectivity index (χ3n) is 3.82. The molecule has 1 heterocycles. The van der Waals surface area contributed by atoms with Gasteiger partial charge in [-0.2, -0.15) is 0 Å². The quantitative estimate of drug-likeness (QED) is 0.849. The Bertz CT molecular complexity index is 526. The maximum absolute atomic E-state index is 11.8. The number of benzene rings is 1. The average molecular weight is 383 g/mol. The molecule has 1 aromatic rings. The Morgan fingerprint density at radius 1 is 1.30 bits per heavy atom. The number of amides is 1. The minimum absolute atomic E-state index is 0.213. The van der Waals surface area contributed by atoms with Crippen molar-refractivity contribution in [3.05, 3.63) is 33.8 Å². The lowest BCUT2D eigenvalue weighted by Gasteiger charge is -2.33. The minimum Gasteiger partial charge on any atom is -0.444 e. The predicted molar refractivity (Wildman–Crippen MR) is 96.5 cm³/mol. The second kappa shape index (κ2) is 7.67. The molecule has 1 fully saturated rings. The Morgan fingerprint density at radius 2 is 1.96 bits per heavy atom. The van der Waals surface area contributed by atoms with E-state index in [4.69, 9.17) is 4.74 Å². The van der Waals surface area contributed by atoms with Gasteiger partial charge in [-0.05, 0) is 63.8 Å². The molecule has 128 valence electrons. The van der Waals surface area contributed by atoms with Crippen LogP contribution in [-0.4, -0.2) is 35.7 Å². The number of carbonyl (C=O) groups is 1. The zero-order chi connectivity index (χ0) is 17.0. The van der Waals surface area contributed by atoms with E-state index in [2.05, 4.69) is 51.3 Å². The van der Waals surface area contributed by atoms with E-state index in [0.29, 0.717) is 0 Å². The van der Waals surface area contributed by atoms with Crippen molar-refractivity contribution in [2.45, 2.75) is 58.7 Å². The maximum Gasteiger partial charge on any atom is 0.407 e. The molecule has 1 aliphatic heterocycles. The fourth-order valence-electron chi connectivity index (χ4n) is 2.87. The summed E-state index contributed by atoms with van der Waals surface area (Å²) in [6, 6.07) is 6.75. The molecule has 1 aromatic carbocycles. The van der Waals surface area contributed by atoms with E-state index in [1.165, 1.54) is 11.1 Å². The van der Waals surface area contributed by atoms with Gasteiger partial charge in [-0.1, -0.05) is 22.0 Å². The number of nitrogens with one attached hydrogen (secondary N) is 1. The van der Waals surface area contributed by atoms with E-state index in [9.17, 15) is 4.79 Å². The molecule has 0 aromatic heterocycles. The lowest BCUT2D eigenvalue weighted by atomic mass is 10.0. The zero-order valence-electron chi connectivity index (χ0n) is 14.5. The van der Waals surface area contributed by atoms with Crippen LogP contribution in [0.15, 0.2) is 22.7 Å². The molecule has 1 saturated heterocycles. The van der Waals surface area contributed by atoms with Gasteiger partial charge in [-0.3, -0.25) is 4.90 Å². The zero-order valence-corrected chi connectivity index (χ0v) is 16.1. The maximum atomic E-state index is 11.8. The SMILES string of the molecule is Cc1cc(Br)cc(CN2CCC(NC(=O)OC(C)(C)C)CC2)c1. The van der Waals surface area contributed by atoms with E-state index in [-0.39, 0.29) is 12.1 Å². The molecule has 0 aliphatic carbocycles. The number of rotatable bonds is 3. The summed E-state index contributed by atoms with van der Waals surface area (Å²) in [6.07, 6.45) is 1.62. The van der Waals surface area contributed by atoms with Crippen molar-refractivity contribution in [1.82, 2.24) is 10.2 Å². The number of carbonyl (C=O) groups excluding carboxylic acids is 1. The Balaban J connectivity index is 1.78. The number of hydrogen-bond acceptors (Lipinski definition) is 3. The number of likely N-dealkylation sites (tertiary alicyclic amines) is 1. The Hall–Kier alpha value is -1.07. The highest BCUT2D eigenvalue weighted by Gasteiger charge is 2.23. The van der Waals surface area contributed by atoms with Crippen molar-refractivity contribution in [3.63, 3.8) is 0 Å². The number of hydrogen-bond donors (Lipinski definition) is 1. The van der Waals surface area contributed by atoms with E-state index in [1.54, 1.807) is 0 Å². The molecule has 0 bridgehead atoms. The van der Waals surface area contributed by atoms with Crippen LogP contribution < -0.4 is 5.32 Å². The monoisotopic (exact) mass is 382 g/mol. The van der Waals surface area contributed by atoms with Crippen LogP contribution >= 0.6 is 15.9 Å². The van der Waals surface area contributed by atoms with Crippen molar-refractivity contribution in [3.8, 4) is 0 Å². The van der Waals surface area contributed by atoms with Gasteiger partial charge in [-0.15, -0.1) is 0 Å². The summed E-state index contributed by atoms with van der Waals surface area (Å²) in [6.45, 7) is 10.7. The first-order valence-corrected chi connectivity index (χ1v) is 8.98. The molecule has 1 N–H and O–H groups in total. The molecule has 4 nitrogen and oxygen atoms in total. The van der Waals surface area contributed by atoms with Crippen LogP contribution in [-0.2, 0) is 11.3 Å². The number of ether oxygens (including phenoxy) is 1. The van der Waals surface area contributed by atoms with Crippen LogP contribution in [0.1, 0.15) is 44.7 Å². The molecule has 23 heavy (non-hydrogen) atoms. The van der Waals surface area contributed by atoms with Gasteiger partial charge in [-0.25, -0.2) is 4.79 Å². The molecular weight excluding hydrogens is 356 g/mol. The van der Waals surface area contributed by atoms with Crippen LogP contribution in [0.3, 0.4) is 0 Å². The molecule has 5 heteroatoms. The third kappa shape index (κ3) is 6.51. The molecule has 0 unspecified atom stereocenters. The van der Waals surface area contributed by atoms with Crippen LogP contribution in [0.25, 0.3) is 0 Å². The number of piperidine rings is 1. The smallest absolute Gasteiger partial charge is 0.407 e. The fourth-order valence-corrected chi connectivity index (χ4v) is 3.53. The molecular formula is C18H27BrN2O2. The molecule has 0 atom stereocenters. The lowest BCUT2D eigenvalue weighted by molar-refractivity contribution is 0.0477. The molecule has 2 rings (SSSR count). The number of halogens is 1. The highest BCUT2D eigenvalue weighted by molar-refractivity contribution is 9.10. The molecule has 1 aliphatic rings. The Labute approximate surface area is 147 Å². The molecule has 1 amide bonds. The lowest BCUT2D eigenvalue weighted by Crippen LogP contribution is -2.45. The summed E-state index contributed by atoms with van der Waals surface area (Å²) in [7, 11) is 0. The first-order chi connectivity index (χ1) is 10.7. The molecule has 0 spiro atoms. The average Bonchev–Trinajstić information content (AvgIpc) is 2.37. The second-order valence-corrected chi connectivity index (χ2v) is 8.25. The van der Waals surface area contributed by atoms with Gasteiger partial charge < -0.3 is 10.1 Å². The largest absolute Gasteiger partial charge is 0.444 e. The topological polar surface area (TPSA) is 41.6 Å². The summed E-state index contributed by atoms with van der Waals surface area (Å²) in [5, 5.41) is 2.98. The summed E-state index contributed by atoms with van der Waals surface area (Å²) >= 11 is 3.56. The first kappa shape index (κ1) is 18.3. The highest BCUT2D eigenvalue weighted by atomic mass is 79.9. The molecule has 0 radical (unpaired) electrons. The van der Waals surface area contributed by atoms with E-state index in [1.807, 2.05) is 20.8 Å². The van der Waals surface area contributed by atoms with Gasteiger partial charge >= 0.3 is 6.09 Å². The number of nitrogens with zero attached hydrogens (tertiary/aromatic N) is 1. The van der Waals surface area contributed by atoms with Gasteiger partial charge in [0.1, 0.15) is 5.60 Å². The van der Waals surface area contributed by atoms with Crippen molar-refractivity contribution < 1.29 is 9.53 Å². The van der Waals surface area contributed by atoms with Gasteiger partial charge in [0, 0.05) is 30.1 Å². The summed E-state index contributed by atoms with van der Waals surface area (Å²) < 4.78 is 6.45. The van der Waals surface area contributed by atoms with Crippen molar-refractivity contribution in [2.75, 3.05) is 13.1 Å². The highest BCUT2D eigenvalue weighted by Crippen LogP contribution is 2.19. The normalized spacial score (nSPS) is 17.1. The van der Waals surface area contributed by atoms with Crippen molar-refractivity contribution >= 4 is 22.0 Å². The third-order valence-corrected chi connectivity index (χ3v) is 4.27. The van der Waals surface area contributed by atoms with E-state index >= 15 is 0 Å². The van der Waals surface area contributed by atoms with Gasteiger partial charge in [0.05, 0.1) is 0 Å². The van der Waals surface area contributed by atoms with Crippen LogP contribution in [0.4, 0.5) is 4.79 Å². The number of alkyl carbamates (subject to hydrolysis) is 1. The summed E-state index contributed by atoms with van der Waals surface area (Å²) in [5.41, 5.74) is 2.16.